The van der Waals surface area contributed by atoms with Crippen molar-refractivity contribution in [3.63, 3.8) is 0 Å². The molecule has 1 aliphatic heterocycles. The summed E-state index contributed by atoms with van der Waals surface area (Å²) in [6, 6.07) is 27.0. The SMILES string of the molecule is C=C/C=C(\C=C)C(NN)NC(C)(C/C=C\C=C(/N)c1ccc2c(c1)/C=C\C(=C)SC(c1ccccc1)N2)c1ccccc1. The number of hydrogen-bond acceptors (Lipinski definition) is 6. The van der Waals surface area contributed by atoms with Crippen LogP contribution >= 0.6 is 11.8 Å². The van der Waals surface area contributed by atoms with Crippen LogP contribution in [-0.2, 0) is 5.54 Å². The monoisotopic (exact) mass is 587 g/mol. The van der Waals surface area contributed by atoms with E-state index in [1.807, 2.05) is 42.5 Å². The van der Waals surface area contributed by atoms with Gasteiger partial charge in [-0.1, -0.05) is 135 Å². The summed E-state index contributed by atoms with van der Waals surface area (Å²) in [7, 11) is 0. The quantitative estimate of drug-likeness (QED) is 0.0641. The van der Waals surface area contributed by atoms with Crippen molar-refractivity contribution in [2.45, 2.75) is 30.4 Å². The van der Waals surface area contributed by atoms with Crippen molar-refractivity contribution < 1.29 is 0 Å². The van der Waals surface area contributed by atoms with E-state index in [9.17, 15) is 0 Å². The smallest absolute Gasteiger partial charge is 0.103 e. The van der Waals surface area contributed by atoms with Gasteiger partial charge in [-0.15, -0.1) is 0 Å². The zero-order chi connectivity index (χ0) is 30.7. The van der Waals surface area contributed by atoms with E-state index in [0.29, 0.717) is 12.1 Å². The standard InChI is InChI=1S/C37H41N5S/c1-5-15-28(6-2)35(42-39)41-37(4,32-18-11-8-12-19-32)25-14-13-20-33(38)30-23-24-34-31(26-30)22-21-27(3)43-36(40-34)29-16-9-7-10-17-29/h5-24,26,35-36,40-42H,1-3,25,38-39H2,4H3/b14-13-,22-21-,28-15+,33-20-. The van der Waals surface area contributed by atoms with E-state index < -0.39 is 5.54 Å². The van der Waals surface area contributed by atoms with E-state index >= 15 is 0 Å². The number of benzene rings is 3. The first-order valence-electron chi connectivity index (χ1n) is 14.2. The molecule has 0 bridgehead atoms. The number of hydrazine groups is 1. The molecule has 7 N–H and O–H groups in total. The molecule has 0 saturated heterocycles. The first-order chi connectivity index (χ1) is 20.9. The molecule has 1 heterocycles. The summed E-state index contributed by atoms with van der Waals surface area (Å²) in [5.41, 5.74) is 16.0. The number of nitrogens with two attached hydrogens (primary N) is 2. The van der Waals surface area contributed by atoms with Crippen LogP contribution in [0.4, 0.5) is 5.69 Å². The summed E-state index contributed by atoms with van der Waals surface area (Å²) in [6.45, 7) is 14.1. The fraction of sp³-hybridized carbons (Fsp3) is 0.135. The van der Waals surface area contributed by atoms with Gasteiger partial charge in [0.15, 0.2) is 0 Å². The topological polar surface area (TPSA) is 88.1 Å². The van der Waals surface area contributed by atoms with Crippen LogP contribution in [0, 0.1) is 0 Å². The number of allylic oxidation sites excluding steroid dienone is 5. The second-order valence-corrected chi connectivity index (χ2v) is 11.7. The lowest BCUT2D eigenvalue weighted by Crippen LogP contribution is -2.55. The third kappa shape index (κ3) is 8.37. The first kappa shape index (κ1) is 31.6. The maximum absolute atomic E-state index is 6.57. The molecule has 43 heavy (non-hydrogen) atoms. The molecule has 3 aromatic carbocycles. The average Bonchev–Trinajstić information content (AvgIpc) is 3.03. The highest BCUT2D eigenvalue weighted by atomic mass is 32.2. The van der Waals surface area contributed by atoms with Crippen LogP contribution in [0.2, 0.25) is 0 Å². The number of fused-ring (bicyclic) bond motifs is 1. The summed E-state index contributed by atoms with van der Waals surface area (Å²) in [4.78, 5) is 0.992. The van der Waals surface area contributed by atoms with Crippen LogP contribution in [-0.4, -0.2) is 6.17 Å². The Hall–Kier alpha value is -4.33. The number of thioether (sulfide) groups is 1. The first-order valence-corrected chi connectivity index (χ1v) is 15.1. The molecular formula is C37H41N5S. The molecule has 3 aromatic rings. The lowest BCUT2D eigenvalue weighted by Gasteiger charge is -2.35. The Kier molecular flexibility index (Phi) is 11.2. The van der Waals surface area contributed by atoms with Crippen molar-refractivity contribution in [1.29, 1.82) is 0 Å². The van der Waals surface area contributed by atoms with E-state index in [0.717, 1.165) is 32.9 Å². The molecule has 0 saturated carbocycles. The molecule has 0 fully saturated rings. The highest BCUT2D eigenvalue weighted by molar-refractivity contribution is 8.03. The van der Waals surface area contributed by atoms with Gasteiger partial charge in [0, 0.05) is 21.8 Å². The maximum atomic E-state index is 6.57. The summed E-state index contributed by atoms with van der Waals surface area (Å²) >= 11 is 1.71. The van der Waals surface area contributed by atoms with Gasteiger partial charge >= 0.3 is 0 Å². The summed E-state index contributed by atoms with van der Waals surface area (Å²) < 4.78 is 0. The Morgan fingerprint density at radius 3 is 2.42 bits per heavy atom. The second-order valence-electron chi connectivity index (χ2n) is 10.5. The molecule has 6 heteroatoms. The van der Waals surface area contributed by atoms with Crippen molar-refractivity contribution in [3.8, 4) is 0 Å². The number of hydrogen-bond donors (Lipinski definition) is 5. The highest BCUT2D eigenvalue weighted by Gasteiger charge is 2.28. The van der Waals surface area contributed by atoms with Gasteiger partial charge in [-0.25, -0.2) is 5.43 Å². The number of anilines is 1. The minimum Gasteiger partial charge on any atom is -0.398 e. The Labute approximate surface area is 260 Å². The van der Waals surface area contributed by atoms with Gasteiger partial charge in [-0.05, 0) is 65.5 Å². The van der Waals surface area contributed by atoms with Crippen LogP contribution in [0.15, 0.2) is 152 Å². The predicted molar refractivity (Wildman–Crippen MR) is 187 cm³/mol. The molecule has 3 atom stereocenters. The molecule has 5 nitrogen and oxygen atoms in total. The number of nitrogens with one attached hydrogen (secondary N) is 3. The molecule has 0 amide bonds. The van der Waals surface area contributed by atoms with Crippen molar-refractivity contribution in [1.82, 2.24) is 10.7 Å². The van der Waals surface area contributed by atoms with Crippen molar-refractivity contribution in [2.24, 2.45) is 11.6 Å². The normalized spacial score (nSPS) is 18.5. The Bertz CT molecular complexity index is 1540. The lowest BCUT2D eigenvalue weighted by atomic mass is 9.87. The van der Waals surface area contributed by atoms with E-state index in [1.165, 1.54) is 5.56 Å². The highest BCUT2D eigenvalue weighted by Crippen LogP contribution is 2.39. The molecule has 0 aromatic heterocycles. The van der Waals surface area contributed by atoms with Gasteiger partial charge in [-0.2, -0.15) is 0 Å². The lowest BCUT2D eigenvalue weighted by molar-refractivity contribution is 0.310. The molecule has 0 aliphatic carbocycles. The van der Waals surface area contributed by atoms with Gasteiger partial charge in [0.05, 0.1) is 6.17 Å². The van der Waals surface area contributed by atoms with Crippen LogP contribution in [0.1, 0.15) is 41.0 Å². The van der Waals surface area contributed by atoms with Crippen molar-refractivity contribution >= 4 is 29.2 Å². The zero-order valence-electron chi connectivity index (χ0n) is 24.7. The molecular weight excluding hydrogens is 547 g/mol. The molecule has 0 radical (unpaired) electrons. The minimum atomic E-state index is -0.435. The largest absolute Gasteiger partial charge is 0.398 e. The molecule has 220 valence electrons. The summed E-state index contributed by atoms with van der Waals surface area (Å²) in [6.07, 6.45) is 16.0. The predicted octanol–water partition coefficient (Wildman–Crippen LogP) is 7.91. The maximum Gasteiger partial charge on any atom is 0.103 e. The third-order valence-electron chi connectivity index (χ3n) is 7.35. The summed E-state index contributed by atoms with van der Waals surface area (Å²) in [5, 5.41) is 7.41. The minimum absolute atomic E-state index is 0.0653. The van der Waals surface area contributed by atoms with Crippen LogP contribution in [0.25, 0.3) is 11.8 Å². The van der Waals surface area contributed by atoms with Gasteiger partial charge in [0.2, 0.25) is 0 Å². The van der Waals surface area contributed by atoms with E-state index in [-0.39, 0.29) is 11.5 Å². The molecule has 4 rings (SSSR count). The van der Waals surface area contributed by atoms with Crippen molar-refractivity contribution in [2.75, 3.05) is 5.32 Å². The van der Waals surface area contributed by atoms with E-state index in [1.54, 1.807) is 23.9 Å². The zero-order valence-corrected chi connectivity index (χ0v) is 25.5. The Morgan fingerprint density at radius 2 is 1.74 bits per heavy atom. The molecule has 0 spiro atoms. The van der Waals surface area contributed by atoms with E-state index in [2.05, 4.69) is 116 Å². The summed E-state index contributed by atoms with van der Waals surface area (Å²) in [5.74, 6) is 5.94. The molecule has 3 unspecified atom stereocenters. The van der Waals surface area contributed by atoms with Crippen molar-refractivity contribution in [3.05, 3.63) is 174 Å². The average molecular weight is 588 g/mol. The van der Waals surface area contributed by atoms with E-state index in [4.69, 9.17) is 11.6 Å². The fourth-order valence-corrected chi connectivity index (χ4v) is 5.86. The van der Waals surface area contributed by atoms with Crippen LogP contribution in [0.3, 0.4) is 0 Å². The van der Waals surface area contributed by atoms with Gasteiger partial charge in [0.1, 0.15) is 5.37 Å². The second kappa shape index (κ2) is 15.2. The Morgan fingerprint density at radius 1 is 1.02 bits per heavy atom. The fourth-order valence-electron chi connectivity index (χ4n) is 4.93. The Balaban J connectivity index is 1.54. The molecule has 1 aliphatic rings. The van der Waals surface area contributed by atoms with Gasteiger partial charge in [0.25, 0.3) is 0 Å². The third-order valence-corrected chi connectivity index (χ3v) is 8.41. The van der Waals surface area contributed by atoms with Gasteiger partial charge in [-0.3, -0.25) is 11.2 Å². The van der Waals surface area contributed by atoms with Crippen LogP contribution < -0.4 is 27.6 Å². The van der Waals surface area contributed by atoms with Crippen LogP contribution in [0.5, 0.6) is 0 Å². The van der Waals surface area contributed by atoms with Gasteiger partial charge < -0.3 is 11.1 Å². The number of rotatable bonds is 12.